The van der Waals surface area contributed by atoms with Gasteiger partial charge in [0.05, 0.1) is 11.3 Å². The van der Waals surface area contributed by atoms with Crippen molar-refractivity contribution in [1.82, 2.24) is 9.80 Å². The Kier molecular flexibility index (Phi) is 6.27. The molecule has 0 N–H and O–H groups in total. The van der Waals surface area contributed by atoms with Gasteiger partial charge in [-0.05, 0) is 42.9 Å². The number of halogens is 3. The third-order valence-corrected chi connectivity index (χ3v) is 6.37. The predicted octanol–water partition coefficient (Wildman–Crippen LogP) is 4.32. The number of hydrogen-bond acceptors (Lipinski definition) is 3. The van der Waals surface area contributed by atoms with Crippen molar-refractivity contribution in [2.24, 2.45) is 5.92 Å². The zero-order valence-electron chi connectivity index (χ0n) is 16.0. The van der Waals surface area contributed by atoms with E-state index in [9.17, 15) is 22.8 Å². The molecule has 2 heterocycles. The van der Waals surface area contributed by atoms with Gasteiger partial charge in [0.1, 0.15) is 11.4 Å². The molecule has 2 aliphatic rings. The third kappa shape index (κ3) is 4.47. The minimum atomic E-state index is -4.45. The fraction of sp³-hybridized carbons (Fsp3) is 0.600. The lowest BCUT2D eigenvalue weighted by molar-refractivity contribution is -0.144. The van der Waals surface area contributed by atoms with Crippen LogP contribution in [0.1, 0.15) is 49.6 Å². The molecule has 2 atom stereocenters. The van der Waals surface area contributed by atoms with E-state index in [0.717, 1.165) is 25.0 Å². The van der Waals surface area contributed by atoms with Crippen LogP contribution < -0.4 is 0 Å². The average Bonchev–Trinajstić information content (AvgIpc) is 3.28. The number of carbonyl (C=O) groups is 2. The van der Waals surface area contributed by atoms with Crippen molar-refractivity contribution in [2.75, 3.05) is 18.8 Å². The maximum atomic E-state index is 13.2. The number of amides is 2. The minimum Gasteiger partial charge on any atom is -0.341 e. The summed E-state index contributed by atoms with van der Waals surface area (Å²) in [4.78, 5) is 29.2. The van der Waals surface area contributed by atoms with Crippen molar-refractivity contribution in [2.45, 2.75) is 50.7 Å². The second-order valence-corrected chi connectivity index (χ2v) is 8.83. The Morgan fingerprint density at radius 1 is 1.25 bits per heavy atom. The van der Waals surface area contributed by atoms with Crippen molar-refractivity contribution in [3.63, 3.8) is 0 Å². The smallest absolute Gasteiger partial charge is 0.341 e. The summed E-state index contributed by atoms with van der Waals surface area (Å²) >= 11 is 1.28. The van der Waals surface area contributed by atoms with Crippen LogP contribution in [0.5, 0.6) is 0 Å². The topological polar surface area (TPSA) is 40.6 Å². The van der Waals surface area contributed by atoms with Crippen LogP contribution in [0.2, 0.25) is 0 Å². The molecule has 2 saturated heterocycles. The molecule has 0 bridgehead atoms. The molecule has 0 aliphatic carbocycles. The van der Waals surface area contributed by atoms with Gasteiger partial charge in [-0.1, -0.05) is 26.0 Å². The number of alkyl halides is 3. The number of thioether (sulfide) groups is 1. The van der Waals surface area contributed by atoms with Crippen LogP contribution in [0.4, 0.5) is 13.2 Å². The summed E-state index contributed by atoms with van der Waals surface area (Å²) in [5.41, 5.74) is -0.329. The monoisotopic (exact) mass is 414 g/mol. The van der Waals surface area contributed by atoms with Gasteiger partial charge in [-0.25, -0.2) is 0 Å². The molecule has 2 amide bonds. The molecule has 2 aliphatic heterocycles. The highest BCUT2D eigenvalue weighted by Crippen LogP contribution is 2.43. The maximum absolute atomic E-state index is 13.2. The summed E-state index contributed by atoms with van der Waals surface area (Å²) in [5, 5.41) is -0.579. The van der Waals surface area contributed by atoms with Gasteiger partial charge in [-0.3, -0.25) is 9.59 Å². The summed E-state index contributed by atoms with van der Waals surface area (Å²) in [7, 11) is 0. The normalized spacial score (nSPS) is 21.6. The molecule has 3 rings (SSSR count). The average molecular weight is 414 g/mol. The summed E-state index contributed by atoms with van der Waals surface area (Å²) < 4.78 is 39.4. The first-order valence-electron chi connectivity index (χ1n) is 9.57. The van der Waals surface area contributed by atoms with Gasteiger partial charge in [0.15, 0.2) is 0 Å². The zero-order chi connectivity index (χ0) is 20.5. The fourth-order valence-electron chi connectivity index (χ4n) is 3.83. The Morgan fingerprint density at radius 3 is 2.54 bits per heavy atom. The van der Waals surface area contributed by atoms with E-state index in [1.807, 2.05) is 13.8 Å². The second-order valence-electron chi connectivity index (χ2n) is 7.77. The van der Waals surface area contributed by atoms with Crippen molar-refractivity contribution >= 4 is 23.6 Å². The third-order valence-electron chi connectivity index (χ3n) is 5.14. The van der Waals surface area contributed by atoms with Crippen molar-refractivity contribution in [3.05, 3.63) is 35.4 Å². The predicted molar refractivity (Wildman–Crippen MR) is 103 cm³/mol. The summed E-state index contributed by atoms with van der Waals surface area (Å²) in [6.45, 7) is 5.32. The van der Waals surface area contributed by atoms with Crippen molar-refractivity contribution in [3.8, 4) is 0 Å². The molecule has 0 spiro atoms. The largest absolute Gasteiger partial charge is 0.416 e. The van der Waals surface area contributed by atoms with Crippen molar-refractivity contribution in [1.29, 1.82) is 0 Å². The number of rotatable bonds is 5. The number of nitrogens with zero attached hydrogens (tertiary/aromatic N) is 2. The second kappa shape index (κ2) is 8.35. The van der Waals surface area contributed by atoms with Crippen molar-refractivity contribution < 1.29 is 22.8 Å². The van der Waals surface area contributed by atoms with Gasteiger partial charge in [0, 0.05) is 13.1 Å². The van der Waals surface area contributed by atoms with Crippen LogP contribution in [0.25, 0.3) is 0 Å². The molecule has 0 saturated carbocycles. The van der Waals surface area contributed by atoms with Crippen LogP contribution in [0.3, 0.4) is 0 Å². The minimum absolute atomic E-state index is 0.0842. The molecule has 0 radical (unpaired) electrons. The molecule has 2 fully saturated rings. The van der Waals surface area contributed by atoms with Gasteiger partial charge in [-0.15, -0.1) is 11.8 Å². The molecule has 1 aromatic carbocycles. The van der Waals surface area contributed by atoms with Crippen LogP contribution in [-0.4, -0.2) is 46.5 Å². The van der Waals surface area contributed by atoms with Crippen LogP contribution in [0, 0.1) is 5.92 Å². The van der Waals surface area contributed by atoms with E-state index < -0.39 is 23.2 Å². The van der Waals surface area contributed by atoms with E-state index >= 15 is 0 Å². The molecule has 28 heavy (non-hydrogen) atoms. The zero-order valence-corrected chi connectivity index (χ0v) is 16.9. The number of benzene rings is 1. The van der Waals surface area contributed by atoms with E-state index in [-0.39, 0.29) is 23.5 Å². The highest BCUT2D eigenvalue weighted by atomic mass is 32.2. The van der Waals surface area contributed by atoms with E-state index in [1.54, 1.807) is 11.0 Å². The lowest BCUT2D eigenvalue weighted by atomic mass is 9.99. The Labute approximate surface area is 167 Å². The summed E-state index contributed by atoms with van der Waals surface area (Å²) in [6, 6.07) is 4.44. The fourth-order valence-corrected chi connectivity index (χ4v) is 5.04. The molecule has 0 aromatic heterocycles. The number of carbonyl (C=O) groups excluding carboxylic acids is 2. The van der Waals surface area contributed by atoms with Gasteiger partial charge in [0.2, 0.25) is 11.8 Å². The van der Waals surface area contributed by atoms with E-state index in [0.29, 0.717) is 25.1 Å². The van der Waals surface area contributed by atoms with E-state index in [2.05, 4.69) is 0 Å². The van der Waals surface area contributed by atoms with Gasteiger partial charge in [-0.2, -0.15) is 13.2 Å². The SMILES string of the molecule is CC(C)C[C@H](C(=O)N1CCCC1)N1C(=O)CS[C@@H]1c1cccc(C(F)(F)F)c1. The van der Waals surface area contributed by atoms with Crippen LogP contribution in [-0.2, 0) is 15.8 Å². The Balaban J connectivity index is 1.93. The number of likely N-dealkylation sites (tertiary alicyclic amines) is 1. The van der Waals surface area contributed by atoms with Gasteiger partial charge in [0.25, 0.3) is 0 Å². The molecule has 0 unspecified atom stereocenters. The molecule has 1 aromatic rings. The lowest BCUT2D eigenvalue weighted by Crippen LogP contribution is -2.50. The van der Waals surface area contributed by atoms with Crippen LogP contribution >= 0.6 is 11.8 Å². The first-order chi connectivity index (χ1) is 13.2. The summed E-state index contributed by atoms with van der Waals surface area (Å²) in [6.07, 6.45) is -2.06. The van der Waals surface area contributed by atoms with Crippen LogP contribution in [0.15, 0.2) is 24.3 Å². The standard InChI is InChI=1S/C20H25F3N2O2S/c1-13(2)10-16(18(27)24-8-3-4-9-24)25-17(26)12-28-19(25)14-6-5-7-15(11-14)20(21,22)23/h5-7,11,13,16,19H,3-4,8-10,12H2,1-2H3/t16-,19-/m1/s1. The van der Waals surface area contributed by atoms with E-state index in [4.69, 9.17) is 0 Å². The maximum Gasteiger partial charge on any atom is 0.416 e. The molecular formula is C20H25F3N2O2S. The van der Waals surface area contributed by atoms with Gasteiger partial charge < -0.3 is 9.80 Å². The number of hydrogen-bond donors (Lipinski definition) is 0. The highest BCUT2D eigenvalue weighted by Gasteiger charge is 2.43. The van der Waals surface area contributed by atoms with Gasteiger partial charge >= 0.3 is 6.18 Å². The summed E-state index contributed by atoms with van der Waals surface area (Å²) in [5.74, 6) is 0.0738. The Morgan fingerprint density at radius 2 is 1.93 bits per heavy atom. The quantitative estimate of drug-likeness (QED) is 0.721. The molecule has 8 heteroatoms. The molecule has 154 valence electrons. The molecule has 4 nitrogen and oxygen atoms in total. The first kappa shape index (κ1) is 21.0. The Bertz CT molecular complexity index is 732. The Hall–Kier alpha value is -1.70. The lowest BCUT2D eigenvalue weighted by Gasteiger charge is -2.35. The highest BCUT2D eigenvalue weighted by molar-refractivity contribution is 8.00. The molecular weight excluding hydrogens is 389 g/mol. The first-order valence-corrected chi connectivity index (χ1v) is 10.6. The van der Waals surface area contributed by atoms with E-state index in [1.165, 1.54) is 22.7 Å².